The minimum Gasteiger partial charge on any atom is -0.493 e. The van der Waals surface area contributed by atoms with Gasteiger partial charge in [0.2, 0.25) is 0 Å². The van der Waals surface area contributed by atoms with Crippen LogP contribution in [0.25, 0.3) is 0 Å². The molecule has 1 fully saturated rings. The fourth-order valence-electron chi connectivity index (χ4n) is 2.56. The van der Waals surface area contributed by atoms with Gasteiger partial charge in [0.25, 0.3) is 0 Å². The number of ether oxygens (including phenoxy) is 5. The minimum absolute atomic E-state index is 0.141. The van der Waals surface area contributed by atoms with Crippen LogP contribution < -0.4 is 9.47 Å². The highest BCUT2D eigenvalue weighted by molar-refractivity contribution is 5.43. The first-order valence-electron chi connectivity index (χ1n) is 7.90. The van der Waals surface area contributed by atoms with Crippen LogP contribution in [0.1, 0.15) is 37.9 Å². The van der Waals surface area contributed by atoms with Gasteiger partial charge in [-0.3, -0.25) is 0 Å². The summed E-state index contributed by atoms with van der Waals surface area (Å²) in [4.78, 5) is 0. The predicted octanol–water partition coefficient (Wildman–Crippen LogP) is 2.64. The maximum atomic E-state index is 10.1. The van der Waals surface area contributed by atoms with Crippen LogP contribution in [0.15, 0.2) is 18.2 Å². The zero-order valence-electron chi connectivity index (χ0n) is 14.0. The summed E-state index contributed by atoms with van der Waals surface area (Å²) in [6, 6.07) is 5.45. The van der Waals surface area contributed by atoms with Gasteiger partial charge in [0.05, 0.1) is 13.2 Å². The summed E-state index contributed by atoms with van der Waals surface area (Å²) in [7, 11) is 3.13. The second kappa shape index (κ2) is 9.08. The molecular weight excluding hydrogens is 300 g/mol. The molecule has 6 nitrogen and oxygen atoms in total. The van der Waals surface area contributed by atoms with E-state index in [4.69, 9.17) is 23.7 Å². The Balaban J connectivity index is 2.14. The van der Waals surface area contributed by atoms with Crippen molar-refractivity contribution in [2.45, 2.75) is 44.7 Å². The molecule has 1 heterocycles. The lowest BCUT2D eigenvalue weighted by Crippen LogP contribution is -2.28. The zero-order chi connectivity index (χ0) is 16.7. The number of methoxy groups -OCH3 is 2. The second-order valence-electron chi connectivity index (χ2n) is 5.55. The zero-order valence-corrected chi connectivity index (χ0v) is 14.0. The average molecular weight is 326 g/mol. The van der Waals surface area contributed by atoms with Gasteiger partial charge in [0.15, 0.2) is 24.6 Å². The molecule has 1 aromatic rings. The lowest BCUT2D eigenvalue weighted by molar-refractivity contribution is -0.207. The Hall–Kier alpha value is -1.34. The van der Waals surface area contributed by atoms with E-state index in [2.05, 4.69) is 0 Å². The van der Waals surface area contributed by atoms with Crippen molar-refractivity contribution in [2.75, 3.05) is 27.6 Å². The normalized spacial score (nSPS) is 20.8. The Bertz CT molecular complexity index is 470. The van der Waals surface area contributed by atoms with Crippen molar-refractivity contribution >= 4 is 0 Å². The van der Waals surface area contributed by atoms with Gasteiger partial charge in [0, 0.05) is 13.7 Å². The first-order chi connectivity index (χ1) is 11.2. The number of hydrogen-bond donors (Lipinski definition) is 1. The summed E-state index contributed by atoms with van der Waals surface area (Å²) in [6.07, 6.45) is 1.54. The monoisotopic (exact) mass is 326 g/mol. The van der Waals surface area contributed by atoms with E-state index in [-0.39, 0.29) is 13.1 Å². The highest BCUT2D eigenvalue weighted by Crippen LogP contribution is 2.34. The Morgan fingerprint density at radius 1 is 1.26 bits per heavy atom. The predicted molar refractivity (Wildman–Crippen MR) is 84.6 cm³/mol. The molecule has 1 unspecified atom stereocenters. The first kappa shape index (κ1) is 18.0. The average Bonchev–Trinajstić information content (AvgIpc) is 2.58. The highest BCUT2D eigenvalue weighted by Gasteiger charge is 2.25. The molecule has 1 aliphatic rings. The third kappa shape index (κ3) is 5.07. The van der Waals surface area contributed by atoms with Crippen LogP contribution in [0.2, 0.25) is 0 Å². The van der Waals surface area contributed by atoms with Crippen LogP contribution in [0.4, 0.5) is 0 Å². The molecule has 0 amide bonds. The molecule has 3 atom stereocenters. The molecule has 1 aliphatic heterocycles. The van der Waals surface area contributed by atoms with E-state index in [1.807, 2.05) is 12.1 Å². The molecule has 1 N–H and O–H groups in total. The second-order valence-corrected chi connectivity index (χ2v) is 5.55. The quantitative estimate of drug-likeness (QED) is 0.741. The highest BCUT2D eigenvalue weighted by atomic mass is 16.7. The lowest BCUT2D eigenvalue weighted by Gasteiger charge is -2.29. The van der Waals surface area contributed by atoms with Crippen LogP contribution in [-0.2, 0) is 14.2 Å². The van der Waals surface area contributed by atoms with Gasteiger partial charge < -0.3 is 28.8 Å². The Morgan fingerprint density at radius 3 is 2.70 bits per heavy atom. The van der Waals surface area contributed by atoms with Crippen LogP contribution >= 0.6 is 0 Å². The van der Waals surface area contributed by atoms with Crippen molar-refractivity contribution in [3.8, 4) is 11.5 Å². The third-order valence-corrected chi connectivity index (χ3v) is 3.72. The first-order valence-corrected chi connectivity index (χ1v) is 7.90. The number of aliphatic hydroxyl groups is 1. The fraction of sp³-hybridized carbons (Fsp3) is 0.647. The van der Waals surface area contributed by atoms with Gasteiger partial charge in [0.1, 0.15) is 6.10 Å². The van der Waals surface area contributed by atoms with Crippen LogP contribution in [0.3, 0.4) is 0 Å². The maximum Gasteiger partial charge on any atom is 0.188 e. The largest absolute Gasteiger partial charge is 0.493 e. The fourth-order valence-corrected chi connectivity index (χ4v) is 2.56. The third-order valence-electron chi connectivity index (χ3n) is 3.72. The minimum atomic E-state index is -0.670. The summed E-state index contributed by atoms with van der Waals surface area (Å²) < 4.78 is 27.3. The van der Waals surface area contributed by atoms with E-state index in [0.29, 0.717) is 18.1 Å². The van der Waals surface area contributed by atoms with E-state index in [1.165, 1.54) is 0 Å². The molecule has 1 saturated heterocycles. The van der Waals surface area contributed by atoms with Crippen LogP contribution in [0.5, 0.6) is 11.5 Å². The molecule has 0 aliphatic carbocycles. The smallest absolute Gasteiger partial charge is 0.188 e. The molecule has 6 heteroatoms. The summed E-state index contributed by atoms with van der Waals surface area (Å²) >= 11 is 0. The van der Waals surface area contributed by atoms with E-state index in [1.54, 1.807) is 27.2 Å². The van der Waals surface area contributed by atoms with Gasteiger partial charge in [-0.2, -0.15) is 0 Å². The molecule has 0 radical (unpaired) electrons. The van der Waals surface area contributed by atoms with Gasteiger partial charge in [-0.25, -0.2) is 0 Å². The summed E-state index contributed by atoms with van der Waals surface area (Å²) in [5.74, 6) is 1.15. The standard InChI is InChI=1S/C17H26O6/c1-12(18)17(23-16-6-4-5-9-21-16)13-7-8-14(22-11-19-2)15(10-13)20-3/h7-8,10,12,16-18H,4-6,9,11H2,1-3H3/t12-,16?,17+/m0/s1. The van der Waals surface area contributed by atoms with E-state index >= 15 is 0 Å². The number of benzene rings is 1. The van der Waals surface area contributed by atoms with Crippen molar-refractivity contribution in [3.63, 3.8) is 0 Å². The Labute approximate surface area is 137 Å². The van der Waals surface area contributed by atoms with Gasteiger partial charge >= 0.3 is 0 Å². The summed E-state index contributed by atoms with van der Waals surface area (Å²) in [6.45, 7) is 2.54. The van der Waals surface area contributed by atoms with Gasteiger partial charge in [-0.15, -0.1) is 0 Å². The van der Waals surface area contributed by atoms with Crippen molar-refractivity contribution in [1.82, 2.24) is 0 Å². The van der Waals surface area contributed by atoms with Crippen molar-refractivity contribution < 1.29 is 28.8 Å². The maximum absolute atomic E-state index is 10.1. The molecule has 130 valence electrons. The van der Waals surface area contributed by atoms with E-state index < -0.39 is 12.2 Å². The van der Waals surface area contributed by atoms with Crippen molar-refractivity contribution in [1.29, 1.82) is 0 Å². The molecule has 0 spiro atoms. The lowest BCUT2D eigenvalue weighted by atomic mass is 10.0. The summed E-state index contributed by atoms with van der Waals surface area (Å²) in [5.41, 5.74) is 0.816. The molecule has 0 aromatic heterocycles. The molecule has 1 aromatic carbocycles. The topological polar surface area (TPSA) is 66.4 Å². The van der Waals surface area contributed by atoms with E-state index in [0.717, 1.165) is 24.8 Å². The molecule has 0 bridgehead atoms. The Morgan fingerprint density at radius 2 is 2.09 bits per heavy atom. The van der Waals surface area contributed by atoms with E-state index in [9.17, 15) is 5.11 Å². The van der Waals surface area contributed by atoms with Crippen molar-refractivity contribution in [2.24, 2.45) is 0 Å². The molecule has 23 heavy (non-hydrogen) atoms. The molecular formula is C17H26O6. The number of rotatable bonds is 8. The van der Waals surface area contributed by atoms with Gasteiger partial charge in [-0.1, -0.05) is 6.07 Å². The number of hydrogen-bond acceptors (Lipinski definition) is 6. The van der Waals surface area contributed by atoms with Crippen LogP contribution in [-0.4, -0.2) is 45.1 Å². The Kier molecular flexibility index (Phi) is 7.11. The molecule has 2 rings (SSSR count). The van der Waals surface area contributed by atoms with Crippen LogP contribution in [0, 0.1) is 0 Å². The molecule has 0 saturated carbocycles. The SMILES string of the molecule is COCOc1ccc([C@H](OC2CCCCO2)[C@H](C)O)cc1OC. The summed E-state index contributed by atoms with van der Waals surface area (Å²) in [5, 5.41) is 10.1. The van der Waals surface area contributed by atoms with Crippen molar-refractivity contribution in [3.05, 3.63) is 23.8 Å². The van der Waals surface area contributed by atoms with Gasteiger partial charge in [-0.05, 0) is 43.9 Å². The number of aliphatic hydroxyl groups excluding tert-OH is 1.